The monoisotopic (exact) mass is 610 g/mol. The highest BCUT2D eigenvalue weighted by Gasteiger charge is 2.35. The number of nitrogens with one attached hydrogen (secondary N) is 3. The minimum Gasteiger partial charge on any atom is -0.466 e. The second-order valence-corrected chi connectivity index (χ2v) is 11.7. The van der Waals surface area contributed by atoms with Gasteiger partial charge in [0.25, 0.3) is 11.8 Å². The Morgan fingerprint density at radius 3 is 2.29 bits per heavy atom. The summed E-state index contributed by atoms with van der Waals surface area (Å²) in [5.74, 6) is -1.06. The van der Waals surface area contributed by atoms with Crippen molar-refractivity contribution >= 4 is 40.8 Å². The molecule has 1 saturated carbocycles. The van der Waals surface area contributed by atoms with Crippen LogP contribution >= 0.6 is 0 Å². The Balaban J connectivity index is 1.28. The number of para-hydroxylation sites is 1. The van der Waals surface area contributed by atoms with Gasteiger partial charge in [0.2, 0.25) is 5.91 Å². The number of esters is 1. The van der Waals surface area contributed by atoms with E-state index in [0.717, 1.165) is 31.2 Å². The van der Waals surface area contributed by atoms with Crippen LogP contribution in [0.25, 0.3) is 0 Å². The summed E-state index contributed by atoms with van der Waals surface area (Å²) >= 11 is 0. The quantitative estimate of drug-likeness (QED) is 0.216. The largest absolute Gasteiger partial charge is 0.466 e. The van der Waals surface area contributed by atoms with E-state index in [1.54, 1.807) is 36.1 Å². The first-order valence-electron chi connectivity index (χ1n) is 16.0. The van der Waals surface area contributed by atoms with E-state index >= 15 is 0 Å². The zero-order valence-corrected chi connectivity index (χ0v) is 25.8. The molecular weight excluding hydrogens is 568 g/mol. The number of benzene rings is 3. The fourth-order valence-electron chi connectivity index (χ4n) is 6.09. The predicted molar refractivity (Wildman–Crippen MR) is 175 cm³/mol. The molecule has 1 atom stereocenters. The Bertz CT molecular complexity index is 1490. The molecular formula is C36H42N4O5. The molecule has 45 heavy (non-hydrogen) atoms. The second-order valence-electron chi connectivity index (χ2n) is 11.7. The maximum absolute atomic E-state index is 13.8. The Hall–Kier alpha value is -4.66. The van der Waals surface area contributed by atoms with Gasteiger partial charge in [-0.15, -0.1) is 0 Å². The van der Waals surface area contributed by atoms with Gasteiger partial charge in [-0.25, -0.2) is 0 Å². The fraction of sp³-hybridized carbons (Fsp3) is 0.389. The van der Waals surface area contributed by atoms with Crippen molar-refractivity contribution in [2.24, 2.45) is 0 Å². The summed E-state index contributed by atoms with van der Waals surface area (Å²) in [5.41, 5.74) is 3.73. The van der Waals surface area contributed by atoms with Crippen LogP contribution in [0.1, 0.15) is 84.6 Å². The maximum Gasteiger partial charge on any atom is 0.306 e. The predicted octanol–water partition coefficient (Wildman–Crippen LogP) is 6.42. The molecule has 1 heterocycles. The first-order chi connectivity index (χ1) is 21.9. The molecule has 0 bridgehead atoms. The van der Waals surface area contributed by atoms with E-state index in [4.69, 9.17) is 4.74 Å². The molecule has 0 radical (unpaired) electrons. The molecule has 0 spiro atoms. The number of likely N-dealkylation sites (tertiary alicyclic amines) is 1. The van der Waals surface area contributed by atoms with Gasteiger partial charge in [0.05, 0.1) is 12.2 Å². The number of carbonyl (C=O) groups is 4. The zero-order valence-electron chi connectivity index (χ0n) is 25.8. The lowest BCUT2D eigenvalue weighted by atomic mass is 9.94. The molecule has 1 saturated heterocycles. The van der Waals surface area contributed by atoms with Gasteiger partial charge in [0.15, 0.2) is 0 Å². The van der Waals surface area contributed by atoms with E-state index in [2.05, 4.69) is 16.0 Å². The smallest absolute Gasteiger partial charge is 0.306 e. The summed E-state index contributed by atoms with van der Waals surface area (Å²) < 4.78 is 4.99. The molecule has 3 aromatic rings. The highest BCUT2D eigenvalue weighted by molar-refractivity contribution is 6.10. The van der Waals surface area contributed by atoms with Gasteiger partial charge in [0, 0.05) is 41.6 Å². The van der Waals surface area contributed by atoms with Crippen molar-refractivity contribution in [3.63, 3.8) is 0 Å². The van der Waals surface area contributed by atoms with Gasteiger partial charge in [0.1, 0.15) is 6.04 Å². The van der Waals surface area contributed by atoms with E-state index in [1.165, 1.54) is 6.42 Å². The van der Waals surface area contributed by atoms with Crippen molar-refractivity contribution in [1.82, 2.24) is 4.90 Å². The minimum absolute atomic E-state index is 0.236. The van der Waals surface area contributed by atoms with Crippen LogP contribution in [0.4, 0.5) is 17.1 Å². The van der Waals surface area contributed by atoms with Crippen LogP contribution < -0.4 is 16.0 Å². The maximum atomic E-state index is 13.8. The van der Waals surface area contributed by atoms with Gasteiger partial charge in [-0.3, -0.25) is 19.2 Å². The lowest BCUT2D eigenvalue weighted by Gasteiger charge is -2.26. The van der Waals surface area contributed by atoms with E-state index in [1.807, 2.05) is 48.5 Å². The molecule has 236 valence electrons. The third kappa shape index (κ3) is 8.50. The van der Waals surface area contributed by atoms with Crippen LogP contribution in [-0.4, -0.2) is 53.8 Å². The van der Waals surface area contributed by atoms with Gasteiger partial charge in [-0.2, -0.15) is 0 Å². The van der Waals surface area contributed by atoms with Gasteiger partial charge >= 0.3 is 5.97 Å². The normalized spacial score (nSPS) is 16.6. The fourth-order valence-corrected chi connectivity index (χ4v) is 6.09. The van der Waals surface area contributed by atoms with Gasteiger partial charge in [-0.05, 0) is 87.1 Å². The molecule has 9 heteroatoms. The molecule has 9 nitrogen and oxygen atoms in total. The average molecular weight is 611 g/mol. The lowest BCUT2D eigenvalue weighted by Crippen LogP contribution is -2.43. The highest BCUT2D eigenvalue weighted by Crippen LogP contribution is 2.28. The molecule has 3 N–H and O–H groups in total. The van der Waals surface area contributed by atoms with Crippen molar-refractivity contribution in [1.29, 1.82) is 0 Å². The molecule has 5 rings (SSSR count). The molecule has 2 fully saturated rings. The molecule has 2 aliphatic rings. The number of hydrogen-bond donors (Lipinski definition) is 3. The number of anilines is 3. The first-order valence-corrected chi connectivity index (χ1v) is 16.0. The molecule has 0 aromatic heterocycles. The van der Waals surface area contributed by atoms with E-state index < -0.39 is 6.04 Å². The zero-order chi connectivity index (χ0) is 31.6. The lowest BCUT2D eigenvalue weighted by molar-refractivity contribution is -0.143. The van der Waals surface area contributed by atoms with Crippen molar-refractivity contribution in [3.05, 3.63) is 89.5 Å². The Kier molecular flexibility index (Phi) is 10.8. The summed E-state index contributed by atoms with van der Waals surface area (Å²) in [6.45, 7) is 2.60. The Morgan fingerprint density at radius 1 is 0.822 bits per heavy atom. The molecule has 3 amide bonds. The summed E-state index contributed by atoms with van der Waals surface area (Å²) in [4.78, 5) is 53.9. The summed E-state index contributed by atoms with van der Waals surface area (Å²) in [7, 11) is 0. The van der Waals surface area contributed by atoms with Crippen molar-refractivity contribution in [2.75, 3.05) is 29.1 Å². The van der Waals surface area contributed by atoms with Crippen LogP contribution in [0.2, 0.25) is 0 Å². The molecule has 3 aromatic carbocycles. The Labute approximate surface area is 264 Å². The van der Waals surface area contributed by atoms with Crippen LogP contribution in [0.5, 0.6) is 0 Å². The number of rotatable bonds is 11. The molecule has 0 unspecified atom stereocenters. The van der Waals surface area contributed by atoms with Crippen molar-refractivity contribution in [2.45, 2.75) is 76.8 Å². The van der Waals surface area contributed by atoms with Crippen LogP contribution in [-0.2, 0) is 20.7 Å². The number of aryl methyl sites for hydroxylation is 1. The Morgan fingerprint density at radius 2 is 1.56 bits per heavy atom. The van der Waals surface area contributed by atoms with Crippen molar-refractivity contribution < 1.29 is 23.9 Å². The van der Waals surface area contributed by atoms with E-state index in [-0.39, 0.29) is 29.7 Å². The van der Waals surface area contributed by atoms with Crippen LogP contribution in [0.3, 0.4) is 0 Å². The second kappa shape index (κ2) is 15.4. The summed E-state index contributed by atoms with van der Waals surface area (Å²) in [6, 6.07) is 21.5. The molecule has 1 aliphatic carbocycles. The SMILES string of the molecule is CCOC(=O)CCc1ccc(NC(=O)[C@@H]2CCCN2C(=O)c2ccc(NC3CCCCC3)c(C(=O)Nc3ccccc3)c2)cc1. The van der Waals surface area contributed by atoms with Crippen molar-refractivity contribution in [3.8, 4) is 0 Å². The third-order valence-electron chi connectivity index (χ3n) is 8.47. The highest BCUT2D eigenvalue weighted by atomic mass is 16.5. The minimum atomic E-state index is -0.623. The van der Waals surface area contributed by atoms with E-state index in [9.17, 15) is 19.2 Å². The van der Waals surface area contributed by atoms with Gasteiger partial charge < -0.3 is 25.6 Å². The average Bonchev–Trinajstić information content (AvgIpc) is 3.56. The third-order valence-corrected chi connectivity index (χ3v) is 8.47. The molecule has 1 aliphatic heterocycles. The number of carbonyl (C=O) groups excluding carboxylic acids is 4. The van der Waals surface area contributed by atoms with Gasteiger partial charge in [-0.1, -0.05) is 49.6 Å². The standard InChI is InChI=1S/C36H42N4O5/c1-2-45-33(41)22-17-25-15-19-29(20-16-25)39-35(43)32-14-9-23-40(32)36(44)26-18-21-31(37-27-10-5-3-6-11-27)30(24-26)34(42)38-28-12-7-4-8-13-28/h4,7-8,12-13,15-16,18-21,24,27,32,37H,2-3,5-6,9-11,14,17,22-23H2,1H3,(H,38,42)(H,39,43)/t32-/m0/s1. The number of hydrogen-bond acceptors (Lipinski definition) is 6. The number of amides is 3. The van der Waals surface area contributed by atoms with Crippen LogP contribution in [0, 0.1) is 0 Å². The van der Waals surface area contributed by atoms with Crippen LogP contribution in [0.15, 0.2) is 72.8 Å². The summed E-state index contributed by atoms with van der Waals surface area (Å²) in [6.07, 6.45) is 7.72. The number of nitrogens with zero attached hydrogens (tertiary/aromatic N) is 1. The topological polar surface area (TPSA) is 117 Å². The summed E-state index contributed by atoms with van der Waals surface area (Å²) in [5, 5.41) is 9.46. The first kappa shape index (κ1) is 31.8. The number of ether oxygens (including phenoxy) is 1. The van der Waals surface area contributed by atoms with E-state index in [0.29, 0.717) is 67.0 Å².